The third kappa shape index (κ3) is 3.33. The van der Waals surface area contributed by atoms with E-state index in [-0.39, 0.29) is 30.3 Å². The number of sulfonamides is 1. The maximum Gasteiger partial charge on any atom is 0.238 e. The molecular weight excluding hydrogens is 300 g/mol. The highest BCUT2D eigenvalue weighted by atomic mass is 32.2. The summed E-state index contributed by atoms with van der Waals surface area (Å²) in [6.45, 7) is 1.44. The van der Waals surface area contributed by atoms with Gasteiger partial charge in [0.25, 0.3) is 0 Å². The van der Waals surface area contributed by atoms with Crippen LogP contribution in [0.3, 0.4) is 0 Å². The number of amides is 1. The van der Waals surface area contributed by atoms with Crippen LogP contribution in [0.4, 0.5) is 0 Å². The first-order chi connectivity index (χ1) is 10.5. The largest absolute Gasteiger partial charge is 0.335 e. The van der Waals surface area contributed by atoms with Gasteiger partial charge in [0, 0.05) is 12.1 Å². The molecule has 0 atom stereocenters. The molecule has 0 radical (unpaired) electrons. The summed E-state index contributed by atoms with van der Waals surface area (Å²) >= 11 is 0. The molecule has 22 heavy (non-hydrogen) atoms. The SMILES string of the molecule is CCS(=O)(=O)NCC(=O)N(C1CC1)C1Cc2ccccc2C1. The zero-order chi connectivity index (χ0) is 15.7. The molecule has 6 heteroatoms. The fraction of sp³-hybridized carbons (Fsp3) is 0.562. The van der Waals surface area contributed by atoms with E-state index in [1.54, 1.807) is 6.92 Å². The molecule has 0 heterocycles. The van der Waals surface area contributed by atoms with Crippen molar-refractivity contribution in [3.63, 3.8) is 0 Å². The van der Waals surface area contributed by atoms with Crippen molar-refractivity contribution in [1.29, 1.82) is 0 Å². The third-order valence-electron chi connectivity index (χ3n) is 4.47. The van der Waals surface area contributed by atoms with E-state index >= 15 is 0 Å². The number of carbonyl (C=O) groups excluding carboxylic acids is 1. The highest BCUT2D eigenvalue weighted by Crippen LogP contribution is 2.34. The van der Waals surface area contributed by atoms with Crippen LogP contribution in [-0.4, -0.2) is 43.6 Å². The van der Waals surface area contributed by atoms with Crippen LogP contribution in [0.1, 0.15) is 30.9 Å². The van der Waals surface area contributed by atoms with Crippen LogP contribution in [0.25, 0.3) is 0 Å². The van der Waals surface area contributed by atoms with Gasteiger partial charge < -0.3 is 4.90 Å². The highest BCUT2D eigenvalue weighted by Gasteiger charge is 2.39. The molecule has 1 saturated carbocycles. The first kappa shape index (κ1) is 15.5. The summed E-state index contributed by atoms with van der Waals surface area (Å²) in [7, 11) is -3.33. The van der Waals surface area contributed by atoms with Gasteiger partial charge in [0.1, 0.15) is 0 Å². The predicted octanol–water partition coefficient (Wildman–Crippen LogP) is 1.08. The Morgan fingerprint density at radius 3 is 2.27 bits per heavy atom. The first-order valence-electron chi connectivity index (χ1n) is 7.85. The number of hydrogen-bond donors (Lipinski definition) is 1. The standard InChI is InChI=1S/C16H22N2O3S/c1-2-22(20,21)17-11-16(19)18(14-7-8-14)15-9-12-5-3-4-6-13(12)10-15/h3-6,14-15,17H,2,7-11H2,1H3. The van der Waals surface area contributed by atoms with E-state index in [1.165, 1.54) is 11.1 Å². The van der Waals surface area contributed by atoms with Crippen molar-refractivity contribution in [2.24, 2.45) is 0 Å². The van der Waals surface area contributed by atoms with Crippen LogP contribution in [0.5, 0.6) is 0 Å². The third-order valence-corrected chi connectivity index (χ3v) is 5.82. The molecule has 1 N–H and O–H groups in total. The van der Waals surface area contributed by atoms with E-state index in [0.29, 0.717) is 0 Å². The summed E-state index contributed by atoms with van der Waals surface area (Å²) in [6.07, 6.45) is 3.80. The van der Waals surface area contributed by atoms with Gasteiger partial charge in [-0.05, 0) is 43.7 Å². The van der Waals surface area contributed by atoms with Gasteiger partial charge in [0.15, 0.2) is 0 Å². The van der Waals surface area contributed by atoms with Crippen molar-refractivity contribution in [3.8, 4) is 0 Å². The van der Waals surface area contributed by atoms with Crippen molar-refractivity contribution in [1.82, 2.24) is 9.62 Å². The minimum atomic E-state index is -3.33. The van der Waals surface area contributed by atoms with E-state index in [1.807, 2.05) is 17.0 Å². The van der Waals surface area contributed by atoms with Crippen molar-refractivity contribution >= 4 is 15.9 Å². The number of benzene rings is 1. The zero-order valence-electron chi connectivity index (χ0n) is 12.8. The molecule has 0 unspecified atom stereocenters. The fourth-order valence-electron chi connectivity index (χ4n) is 3.16. The summed E-state index contributed by atoms with van der Waals surface area (Å²) in [5.41, 5.74) is 2.61. The molecule has 5 nitrogen and oxygen atoms in total. The van der Waals surface area contributed by atoms with Crippen LogP contribution in [0, 0.1) is 0 Å². The van der Waals surface area contributed by atoms with Crippen LogP contribution >= 0.6 is 0 Å². The first-order valence-corrected chi connectivity index (χ1v) is 9.50. The maximum atomic E-state index is 12.5. The number of hydrogen-bond acceptors (Lipinski definition) is 3. The van der Waals surface area contributed by atoms with Gasteiger partial charge in [-0.25, -0.2) is 13.1 Å². The molecule has 1 amide bonds. The van der Waals surface area contributed by atoms with Crippen LogP contribution < -0.4 is 4.72 Å². The number of nitrogens with one attached hydrogen (secondary N) is 1. The second kappa shape index (κ2) is 6.01. The minimum absolute atomic E-state index is 0.00141. The molecule has 120 valence electrons. The van der Waals surface area contributed by atoms with Crippen molar-refractivity contribution in [3.05, 3.63) is 35.4 Å². The summed E-state index contributed by atoms with van der Waals surface area (Å²) in [5, 5.41) is 0. The Morgan fingerprint density at radius 1 is 1.18 bits per heavy atom. The van der Waals surface area contributed by atoms with Gasteiger partial charge >= 0.3 is 0 Å². The van der Waals surface area contributed by atoms with Crippen molar-refractivity contribution in [2.45, 2.75) is 44.7 Å². The van der Waals surface area contributed by atoms with E-state index < -0.39 is 10.0 Å². The van der Waals surface area contributed by atoms with Gasteiger partial charge in [-0.3, -0.25) is 4.79 Å². The summed E-state index contributed by atoms with van der Waals surface area (Å²) in [5.74, 6) is -0.101. The summed E-state index contributed by atoms with van der Waals surface area (Å²) in [6, 6.07) is 8.75. The smallest absolute Gasteiger partial charge is 0.238 e. The Morgan fingerprint density at radius 2 is 1.77 bits per heavy atom. The molecule has 0 saturated heterocycles. The van der Waals surface area contributed by atoms with Crippen molar-refractivity contribution < 1.29 is 13.2 Å². The van der Waals surface area contributed by atoms with E-state index in [9.17, 15) is 13.2 Å². The zero-order valence-corrected chi connectivity index (χ0v) is 13.6. The Kier molecular flexibility index (Phi) is 4.23. The van der Waals surface area contributed by atoms with Gasteiger partial charge in [-0.2, -0.15) is 0 Å². The molecule has 1 aromatic carbocycles. The lowest BCUT2D eigenvalue weighted by atomic mass is 10.1. The molecule has 2 aliphatic rings. The normalized spacial score (nSPS) is 18.2. The second-order valence-electron chi connectivity index (χ2n) is 6.09. The topological polar surface area (TPSA) is 66.5 Å². The van der Waals surface area contributed by atoms with Crippen molar-refractivity contribution in [2.75, 3.05) is 12.3 Å². The molecule has 2 aliphatic carbocycles. The Labute approximate surface area is 131 Å². The van der Waals surface area contributed by atoms with Gasteiger partial charge in [-0.15, -0.1) is 0 Å². The van der Waals surface area contributed by atoms with Crippen LogP contribution in [-0.2, 0) is 27.7 Å². The average Bonchev–Trinajstić information content (AvgIpc) is 3.23. The van der Waals surface area contributed by atoms with Crippen LogP contribution in [0.15, 0.2) is 24.3 Å². The Hall–Kier alpha value is -1.40. The molecule has 1 aromatic rings. The lowest BCUT2D eigenvalue weighted by Crippen LogP contribution is -2.47. The second-order valence-corrected chi connectivity index (χ2v) is 8.18. The lowest BCUT2D eigenvalue weighted by molar-refractivity contribution is -0.132. The maximum absolute atomic E-state index is 12.5. The fourth-order valence-corrected chi connectivity index (χ4v) is 3.70. The highest BCUT2D eigenvalue weighted by molar-refractivity contribution is 7.89. The summed E-state index contributed by atoms with van der Waals surface area (Å²) in [4.78, 5) is 14.5. The van der Waals surface area contributed by atoms with Crippen LogP contribution in [0.2, 0.25) is 0 Å². The molecule has 0 aliphatic heterocycles. The Balaban J connectivity index is 1.68. The van der Waals surface area contributed by atoms with Gasteiger partial charge in [-0.1, -0.05) is 24.3 Å². The molecule has 0 aromatic heterocycles. The average molecular weight is 322 g/mol. The lowest BCUT2D eigenvalue weighted by Gasteiger charge is -2.29. The number of fused-ring (bicyclic) bond motifs is 1. The van der Waals surface area contributed by atoms with E-state index in [2.05, 4.69) is 16.9 Å². The monoisotopic (exact) mass is 322 g/mol. The predicted molar refractivity (Wildman–Crippen MR) is 85.0 cm³/mol. The Bertz CT molecular complexity index is 643. The molecule has 1 fully saturated rings. The minimum Gasteiger partial charge on any atom is -0.335 e. The molecule has 3 rings (SSSR count). The van der Waals surface area contributed by atoms with E-state index in [4.69, 9.17) is 0 Å². The molecule has 0 bridgehead atoms. The molecular formula is C16H22N2O3S. The number of carbonyl (C=O) groups is 1. The number of rotatable bonds is 6. The molecule has 0 spiro atoms. The number of nitrogens with zero attached hydrogens (tertiary/aromatic N) is 1. The van der Waals surface area contributed by atoms with Gasteiger partial charge in [0.2, 0.25) is 15.9 Å². The quantitative estimate of drug-likeness (QED) is 0.852. The van der Waals surface area contributed by atoms with Gasteiger partial charge in [0.05, 0.1) is 12.3 Å². The van der Waals surface area contributed by atoms with E-state index in [0.717, 1.165) is 25.7 Å². The summed E-state index contributed by atoms with van der Waals surface area (Å²) < 4.78 is 25.5.